The summed E-state index contributed by atoms with van der Waals surface area (Å²) in [5.74, 6) is -0.298. The molecule has 5 rings (SSSR count). The Hall–Kier alpha value is -3.47. The highest BCUT2D eigenvalue weighted by molar-refractivity contribution is 7.67. The van der Waals surface area contributed by atoms with Gasteiger partial charge in [0.2, 0.25) is 0 Å². The Labute approximate surface area is 210 Å². The van der Waals surface area contributed by atoms with E-state index in [-0.39, 0.29) is 12.4 Å². The molecule has 4 aromatic rings. The lowest BCUT2D eigenvalue weighted by Gasteiger charge is -2.38. The van der Waals surface area contributed by atoms with E-state index in [9.17, 15) is 8.42 Å². The van der Waals surface area contributed by atoms with Crippen molar-refractivity contribution >= 4 is 33.3 Å². The SMILES string of the molecule is Cc1nn(-c2cccc(CN)c2)c2c(F)c(N3CCN(c4ccccc4CO[SH](=O)=O)CC3)ccc12. The largest absolute Gasteiger partial charge is 0.368 e. The van der Waals surface area contributed by atoms with Gasteiger partial charge >= 0.3 is 0 Å². The summed E-state index contributed by atoms with van der Waals surface area (Å²) in [5, 5.41) is 5.40. The summed E-state index contributed by atoms with van der Waals surface area (Å²) in [6, 6.07) is 19.0. The Kier molecular flexibility index (Phi) is 6.90. The highest BCUT2D eigenvalue weighted by atomic mass is 32.2. The first-order valence-corrected chi connectivity index (χ1v) is 12.9. The van der Waals surface area contributed by atoms with Crippen molar-refractivity contribution in [3.63, 3.8) is 0 Å². The number of hydrogen-bond acceptors (Lipinski definition) is 7. The molecule has 1 fully saturated rings. The van der Waals surface area contributed by atoms with Gasteiger partial charge in [-0.3, -0.25) is 4.18 Å². The molecule has 188 valence electrons. The zero-order valence-electron chi connectivity index (χ0n) is 19.9. The zero-order chi connectivity index (χ0) is 25.2. The van der Waals surface area contributed by atoms with Crippen LogP contribution in [0.3, 0.4) is 0 Å². The minimum Gasteiger partial charge on any atom is -0.368 e. The fourth-order valence-corrected chi connectivity index (χ4v) is 5.05. The van der Waals surface area contributed by atoms with Crippen LogP contribution in [0.15, 0.2) is 60.7 Å². The maximum Gasteiger partial charge on any atom is 0.257 e. The van der Waals surface area contributed by atoms with Crippen molar-refractivity contribution < 1.29 is 17.0 Å². The molecule has 3 aromatic carbocycles. The first-order chi connectivity index (χ1) is 17.5. The quantitative estimate of drug-likeness (QED) is 0.369. The van der Waals surface area contributed by atoms with E-state index < -0.39 is 11.0 Å². The van der Waals surface area contributed by atoms with Crippen LogP contribution >= 0.6 is 0 Å². The van der Waals surface area contributed by atoms with Crippen LogP contribution in [0.25, 0.3) is 16.6 Å². The van der Waals surface area contributed by atoms with Crippen molar-refractivity contribution in [1.29, 1.82) is 0 Å². The molecule has 10 heteroatoms. The second-order valence-corrected chi connectivity index (χ2v) is 9.47. The summed E-state index contributed by atoms with van der Waals surface area (Å²) in [5.41, 5.74) is 11.0. The van der Waals surface area contributed by atoms with Crippen LogP contribution in [0, 0.1) is 12.7 Å². The molecular formula is C26H28FN5O3S. The molecule has 0 unspecified atom stereocenters. The number of para-hydroxylation sites is 1. The van der Waals surface area contributed by atoms with Crippen LogP contribution in [0.4, 0.5) is 15.8 Å². The highest BCUT2D eigenvalue weighted by Crippen LogP contribution is 2.32. The van der Waals surface area contributed by atoms with Crippen LogP contribution in [0.5, 0.6) is 0 Å². The molecule has 0 radical (unpaired) electrons. The van der Waals surface area contributed by atoms with Crippen LogP contribution in [0.2, 0.25) is 0 Å². The van der Waals surface area contributed by atoms with E-state index in [0.717, 1.165) is 33.6 Å². The van der Waals surface area contributed by atoms with Gasteiger partial charge in [0.25, 0.3) is 11.0 Å². The summed E-state index contributed by atoms with van der Waals surface area (Å²) < 4.78 is 44.3. The van der Waals surface area contributed by atoms with Gasteiger partial charge < -0.3 is 15.5 Å². The molecule has 2 heterocycles. The maximum atomic E-state index is 16.0. The normalized spacial score (nSPS) is 14.2. The molecule has 0 aliphatic carbocycles. The van der Waals surface area contributed by atoms with E-state index in [1.165, 1.54) is 0 Å². The Bertz CT molecular complexity index is 1470. The molecule has 0 atom stereocenters. The summed E-state index contributed by atoms with van der Waals surface area (Å²) in [6.07, 6.45) is 0. The van der Waals surface area contributed by atoms with Crippen molar-refractivity contribution in [3.8, 4) is 5.69 Å². The van der Waals surface area contributed by atoms with Gasteiger partial charge in [-0.2, -0.15) is 5.10 Å². The second kappa shape index (κ2) is 10.3. The minimum absolute atomic E-state index is 0.00488. The molecule has 0 bridgehead atoms. The summed E-state index contributed by atoms with van der Waals surface area (Å²) in [6.45, 7) is 4.83. The van der Waals surface area contributed by atoms with Crippen LogP contribution in [0.1, 0.15) is 16.8 Å². The van der Waals surface area contributed by atoms with Gasteiger partial charge in [0, 0.05) is 49.4 Å². The lowest BCUT2D eigenvalue weighted by atomic mass is 10.1. The predicted octanol–water partition coefficient (Wildman–Crippen LogP) is 3.30. The molecule has 2 N–H and O–H groups in total. The third-order valence-corrected chi connectivity index (χ3v) is 6.96. The van der Waals surface area contributed by atoms with Crippen molar-refractivity contribution in [2.24, 2.45) is 5.73 Å². The van der Waals surface area contributed by atoms with E-state index in [1.807, 2.05) is 72.5 Å². The average Bonchev–Trinajstić information content (AvgIpc) is 3.25. The lowest BCUT2D eigenvalue weighted by molar-refractivity contribution is 0.323. The molecule has 1 aliphatic rings. The molecule has 36 heavy (non-hydrogen) atoms. The number of fused-ring (bicyclic) bond motifs is 1. The number of rotatable bonds is 7. The van der Waals surface area contributed by atoms with E-state index in [1.54, 1.807) is 4.68 Å². The smallest absolute Gasteiger partial charge is 0.257 e. The van der Waals surface area contributed by atoms with E-state index in [0.29, 0.717) is 43.9 Å². The van der Waals surface area contributed by atoms with Crippen LogP contribution in [-0.4, -0.2) is 44.4 Å². The fraction of sp³-hybridized carbons (Fsp3) is 0.269. The number of benzene rings is 3. The zero-order valence-corrected chi connectivity index (χ0v) is 20.8. The number of aryl methyl sites for hydroxylation is 1. The van der Waals surface area contributed by atoms with E-state index in [2.05, 4.69) is 10.00 Å². The number of piperazine rings is 1. The van der Waals surface area contributed by atoms with Crippen molar-refractivity contribution in [2.45, 2.75) is 20.1 Å². The Balaban J connectivity index is 1.42. The summed E-state index contributed by atoms with van der Waals surface area (Å²) >= 11 is 0. The Morgan fingerprint density at radius 2 is 1.69 bits per heavy atom. The molecule has 0 spiro atoms. The van der Waals surface area contributed by atoms with Gasteiger partial charge in [0.1, 0.15) is 5.52 Å². The monoisotopic (exact) mass is 509 g/mol. The molecule has 1 saturated heterocycles. The number of nitrogens with two attached hydrogens (primary N) is 1. The van der Waals surface area contributed by atoms with Gasteiger partial charge in [-0.1, -0.05) is 30.3 Å². The standard InChI is InChI=1S/C26H28FN5O3S/c1-18-22-9-10-24(25(27)26(22)32(29-18)21-7-4-5-19(15-21)16-28)31-13-11-30(12-14-31)23-8-3-2-6-20(23)17-35-36(33)34/h2-10,15,36H,11-14,16-17,28H2,1H3. The molecule has 1 aliphatic heterocycles. The maximum absolute atomic E-state index is 16.0. The van der Waals surface area contributed by atoms with Gasteiger partial charge in [-0.25, -0.2) is 17.5 Å². The van der Waals surface area contributed by atoms with Crippen molar-refractivity contribution in [1.82, 2.24) is 9.78 Å². The van der Waals surface area contributed by atoms with Gasteiger partial charge in [0.15, 0.2) is 5.82 Å². The number of thiol groups is 1. The number of hydrogen-bond donors (Lipinski definition) is 2. The molecule has 0 amide bonds. The molecular weight excluding hydrogens is 481 g/mol. The van der Waals surface area contributed by atoms with Gasteiger partial charge in [-0.05, 0) is 42.8 Å². The summed E-state index contributed by atoms with van der Waals surface area (Å²) in [4.78, 5) is 4.22. The second-order valence-electron chi connectivity index (χ2n) is 8.77. The van der Waals surface area contributed by atoms with Crippen molar-refractivity contribution in [3.05, 3.63) is 83.3 Å². The van der Waals surface area contributed by atoms with Gasteiger partial charge in [0.05, 0.1) is 23.7 Å². The van der Waals surface area contributed by atoms with E-state index >= 15 is 4.39 Å². The number of halogens is 1. The average molecular weight is 510 g/mol. The van der Waals surface area contributed by atoms with Crippen LogP contribution < -0.4 is 15.5 Å². The minimum atomic E-state index is -2.91. The first-order valence-electron chi connectivity index (χ1n) is 11.8. The summed E-state index contributed by atoms with van der Waals surface area (Å²) in [7, 11) is -2.91. The molecule has 8 nitrogen and oxygen atoms in total. The van der Waals surface area contributed by atoms with Crippen LogP contribution in [-0.2, 0) is 28.3 Å². The number of nitrogens with zero attached hydrogens (tertiary/aromatic N) is 4. The molecule has 1 aromatic heterocycles. The number of aromatic nitrogens is 2. The fourth-order valence-electron chi connectivity index (χ4n) is 4.80. The molecule has 0 saturated carbocycles. The number of anilines is 2. The highest BCUT2D eigenvalue weighted by Gasteiger charge is 2.24. The van der Waals surface area contributed by atoms with Gasteiger partial charge in [-0.15, -0.1) is 0 Å². The topological polar surface area (TPSA) is 93.7 Å². The first kappa shape index (κ1) is 24.2. The Morgan fingerprint density at radius 1 is 0.972 bits per heavy atom. The third kappa shape index (κ3) is 4.67. The predicted molar refractivity (Wildman–Crippen MR) is 140 cm³/mol. The van der Waals surface area contributed by atoms with Crippen molar-refractivity contribution in [2.75, 3.05) is 36.0 Å². The Morgan fingerprint density at radius 3 is 2.42 bits per heavy atom. The van der Waals surface area contributed by atoms with E-state index in [4.69, 9.17) is 9.92 Å². The lowest BCUT2D eigenvalue weighted by Crippen LogP contribution is -2.47. The third-order valence-electron chi connectivity index (χ3n) is 6.62.